The van der Waals surface area contributed by atoms with E-state index >= 15 is 0 Å². The van der Waals surface area contributed by atoms with Crippen LogP contribution in [0.4, 0.5) is 0 Å². The number of halogens is 4. The Hall–Kier alpha value is -0.0500. The van der Waals surface area contributed by atoms with Crippen molar-refractivity contribution in [2.75, 3.05) is 0 Å². The first-order valence-electron chi connectivity index (χ1n) is 6.34. The minimum Gasteiger partial charge on any atom is -0.113 e. The lowest BCUT2D eigenvalue weighted by molar-refractivity contribution is 1.28. The molecule has 0 heterocycles. The fourth-order valence-corrected chi connectivity index (χ4v) is 4.00. The van der Waals surface area contributed by atoms with E-state index < -0.39 is 0 Å². The van der Waals surface area contributed by atoms with Crippen LogP contribution < -0.4 is 0 Å². The minimum atomic E-state index is -0.273. The SMILES string of the molecule is Cc1ccc(C(Cl)SC(Cl)c2ccc(C)c(Cl)c2)cc1Cl. The largest absolute Gasteiger partial charge is 0.113 e. The van der Waals surface area contributed by atoms with Crippen molar-refractivity contribution in [3.05, 3.63) is 68.7 Å². The van der Waals surface area contributed by atoms with Gasteiger partial charge in [0.05, 0.1) is 0 Å². The second-order valence-corrected chi connectivity index (χ2v) is 8.21. The van der Waals surface area contributed by atoms with E-state index in [0.29, 0.717) is 10.0 Å². The lowest BCUT2D eigenvalue weighted by Gasteiger charge is -2.16. The van der Waals surface area contributed by atoms with E-state index in [-0.39, 0.29) is 9.42 Å². The lowest BCUT2D eigenvalue weighted by Crippen LogP contribution is -1.92. The van der Waals surface area contributed by atoms with Crippen molar-refractivity contribution in [3.63, 3.8) is 0 Å². The third kappa shape index (κ3) is 4.46. The summed E-state index contributed by atoms with van der Waals surface area (Å²) in [7, 11) is 0. The van der Waals surface area contributed by atoms with E-state index in [0.717, 1.165) is 22.3 Å². The molecule has 0 aliphatic carbocycles. The van der Waals surface area contributed by atoms with Gasteiger partial charge in [0.1, 0.15) is 9.42 Å². The molecule has 5 heteroatoms. The molecule has 2 aromatic rings. The summed E-state index contributed by atoms with van der Waals surface area (Å²) in [5.74, 6) is 0. The summed E-state index contributed by atoms with van der Waals surface area (Å²) in [6.45, 7) is 3.92. The van der Waals surface area contributed by atoms with Crippen molar-refractivity contribution in [2.24, 2.45) is 0 Å². The molecule has 0 N–H and O–H groups in total. The van der Waals surface area contributed by atoms with E-state index in [9.17, 15) is 0 Å². The molecule has 0 saturated heterocycles. The number of benzene rings is 2. The molecule has 2 unspecified atom stereocenters. The highest BCUT2D eigenvalue weighted by Crippen LogP contribution is 2.46. The smallest absolute Gasteiger partial charge is 0.106 e. The van der Waals surface area contributed by atoms with Crippen LogP contribution in [0.1, 0.15) is 31.7 Å². The minimum absolute atomic E-state index is 0.273. The summed E-state index contributed by atoms with van der Waals surface area (Å²) in [6.07, 6.45) is 0. The van der Waals surface area contributed by atoms with Crippen LogP contribution in [0.5, 0.6) is 0 Å². The fraction of sp³-hybridized carbons (Fsp3) is 0.250. The normalized spacial score (nSPS) is 14.0. The first-order valence-corrected chi connectivity index (χ1v) is 8.91. The van der Waals surface area contributed by atoms with Gasteiger partial charge < -0.3 is 0 Å². The second-order valence-electron chi connectivity index (χ2n) is 4.79. The molecule has 0 aliphatic heterocycles. The monoisotopic (exact) mass is 378 g/mol. The van der Waals surface area contributed by atoms with Gasteiger partial charge in [-0.3, -0.25) is 0 Å². The van der Waals surface area contributed by atoms with Gasteiger partial charge in [0.15, 0.2) is 0 Å². The van der Waals surface area contributed by atoms with Crippen molar-refractivity contribution in [1.29, 1.82) is 0 Å². The third-order valence-electron chi connectivity index (χ3n) is 3.15. The predicted octanol–water partition coefficient (Wildman–Crippen LogP) is 7.52. The lowest BCUT2D eigenvalue weighted by atomic mass is 10.2. The quantitative estimate of drug-likeness (QED) is 0.495. The Morgan fingerprint density at radius 2 is 1.14 bits per heavy atom. The molecule has 21 heavy (non-hydrogen) atoms. The highest BCUT2D eigenvalue weighted by atomic mass is 35.5. The van der Waals surface area contributed by atoms with E-state index in [1.165, 1.54) is 11.8 Å². The summed E-state index contributed by atoms with van der Waals surface area (Å²) in [5.41, 5.74) is 3.95. The van der Waals surface area contributed by atoms with Crippen molar-refractivity contribution in [2.45, 2.75) is 23.3 Å². The Kier molecular flexibility index (Phi) is 6.16. The number of rotatable bonds is 4. The summed E-state index contributed by atoms with van der Waals surface area (Å²) >= 11 is 26.6. The molecule has 0 bridgehead atoms. The molecule has 0 aliphatic rings. The number of thioether (sulfide) groups is 1. The van der Waals surface area contributed by atoms with Gasteiger partial charge in [-0.25, -0.2) is 0 Å². The number of aryl methyl sites for hydroxylation is 2. The van der Waals surface area contributed by atoms with Gasteiger partial charge in [-0.15, -0.1) is 35.0 Å². The van der Waals surface area contributed by atoms with Gasteiger partial charge in [-0.05, 0) is 48.2 Å². The Morgan fingerprint density at radius 3 is 1.48 bits per heavy atom. The topological polar surface area (TPSA) is 0 Å². The Labute approximate surface area is 149 Å². The van der Waals surface area contributed by atoms with Crippen LogP contribution in [0.15, 0.2) is 36.4 Å². The number of hydrogen-bond donors (Lipinski definition) is 0. The van der Waals surface area contributed by atoms with Gasteiger partial charge in [-0.2, -0.15) is 0 Å². The molecule has 0 fully saturated rings. The zero-order valence-electron chi connectivity index (χ0n) is 11.5. The maximum absolute atomic E-state index is 6.43. The van der Waals surface area contributed by atoms with Crippen LogP contribution in [0.3, 0.4) is 0 Å². The van der Waals surface area contributed by atoms with E-state index in [4.69, 9.17) is 46.4 Å². The van der Waals surface area contributed by atoms with Crippen LogP contribution >= 0.6 is 58.2 Å². The van der Waals surface area contributed by atoms with Crippen molar-refractivity contribution < 1.29 is 0 Å². The average molecular weight is 380 g/mol. The van der Waals surface area contributed by atoms with E-state index in [1.54, 1.807) is 0 Å². The van der Waals surface area contributed by atoms with E-state index in [2.05, 4.69) is 0 Å². The molecule has 2 rings (SSSR count). The molecule has 2 atom stereocenters. The van der Waals surface area contributed by atoms with Gasteiger partial charge in [-0.1, -0.05) is 47.5 Å². The van der Waals surface area contributed by atoms with Crippen molar-refractivity contribution in [3.8, 4) is 0 Å². The van der Waals surface area contributed by atoms with Crippen LogP contribution in [-0.2, 0) is 0 Å². The third-order valence-corrected chi connectivity index (χ3v) is 6.11. The maximum atomic E-state index is 6.43. The van der Waals surface area contributed by atoms with Crippen molar-refractivity contribution in [1.82, 2.24) is 0 Å². The zero-order valence-corrected chi connectivity index (χ0v) is 15.4. The molecule has 2 aromatic carbocycles. The zero-order chi connectivity index (χ0) is 15.6. The molecule has 0 nitrogen and oxygen atoms in total. The van der Waals surface area contributed by atoms with Gasteiger partial charge >= 0.3 is 0 Å². The number of hydrogen-bond acceptors (Lipinski definition) is 1. The maximum Gasteiger partial charge on any atom is 0.106 e. The van der Waals surface area contributed by atoms with Gasteiger partial charge in [0, 0.05) is 10.0 Å². The van der Waals surface area contributed by atoms with E-state index in [1.807, 2.05) is 50.2 Å². The molecule has 0 amide bonds. The van der Waals surface area contributed by atoms with Crippen LogP contribution in [0.2, 0.25) is 10.0 Å². The molecule has 112 valence electrons. The summed E-state index contributed by atoms with van der Waals surface area (Å²) in [5, 5.41) is 1.42. The molecule has 0 saturated carbocycles. The fourth-order valence-electron chi connectivity index (χ4n) is 1.76. The summed E-state index contributed by atoms with van der Waals surface area (Å²) in [4.78, 5) is 0. The second kappa shape index (κ2) is 7.48. The Morgan fingerprint density at radius 1 is 0.762 bits per heavy atom. The van der Waals surface area contributed by atoms with Crippen molar-refractivity contribution >= 4 is 58.2 Å². The summed E-state index contributed by atoms with van der Waals surface area (Å²) < 4.78 is -0.545. The van der Waals surface area contributed by atoms with Crippen LogP contribution in [0, 0.1) is 13.8 Å². The first kappa shape index (κ1) is 17.3. The highest BCUT2D eigenvalue weighted by molar-refractivity contribution is 8.01. The highest BCUT2D eigenvalue weighted by Gasteiger charge is 2.17. The Bertz CT molecular complexity index is 587. The predicted molar refractivity (Wildman–Crippen MR) is 97.2 cm³/mol. The average Bonchev–Trinajstić information content (AvgIpc) is 2.44. The van der Waals surface area contributed by atoms with Crippen LogP contribution in [0.25, 0.3) is 0 Å². The molecular formula is C16H14Cl4S. The van der Waals surface area contributed by atoms with Crippen LogP contribution in [-0.4, -0.2) is 0 Å². The molecule has 0 radical (unpaired) electrons. The first-order chi connectivity index (χ1) is 9.88. The number of alkyl halides is 2. The Balaban J connectivity index is 2.12. The van der Waals surface area contributed by atoms with Gasteiger partial charge in [0.2, 0.25) is 0 Å². The summed E-state index contributed by atoms with van der Waals surface area (Å²) in [6, 6.07) is 11.6. The molecular weight excluding hydrogens is 366 g/mol. The standard InChI is InChI=1S/C16H14Cl4S/c1-9-3-5-11(7-13(9)17)15(19)21-16(20)12-6-4-10(2)14(18)8-12/h3-8,15-16H,1-2H3. The molecule has 0 aromatic heterocycles. The van der Waals surface area contributed by atoms with Gasteiger partial charge in [0.25, 0.3) is 0 Å². The molecule has 0 spiro atoms.